The fraction of sp³-hybridized carbons (Fsp3) is 0.250. The number of carbonyl (C=O) groups is 1. The normalized spacial score (nSPS) is 17.0. The molecule has 1 saturated carbocycles. The molecule has 2 amide bonds. The lowest BCUT2D eigenvalue weighted by Crippen LogP contribution is -2.29. The van der Waals surface area contributed by atoms with Crippen molar-refractivity contribution in [3.63, 3.8) is 0 Å². The van der Waals surface area contributed by atoms with Gasteiger partial charge in [0.2, 0.25) is 0 Å². The van der Waals surface area contributed by atoms with Gasteiger partial charge in [-0.3, -0.25) is 4.57 Å². The minimum absolute atomic E-state index is 0.249. The van der Waals surface area contributed by atoms with Crippen LogP contribution in [0.5, 0.6) is 0 Å². The molecule has 1 heterocycles. The summed E-state index contributed by atoms with van der Waals surface area (Å²) in [6, 6.07) is 17.1. The molecule has 2 aromatic carbocycles. The summed E-state index contributed by atoms with van der Waals surface area (Å²) in [5.74, 6) is 1.73. The monoisotopic (exact) mass is 447 g/mol. The molecule has 29 heavy (non-hydrogen) atoms. The van der Waals surface area contributed by atoms with Crippen molar-refractivity contribution in [1.82, 2.24) is 20.1 Å². The summed E-state index contributed by atoms with van der Waals surface area (Å²) in [7, 11) is 0. The number of rotatable bonds is 7. The number of benzene rings is 2. The van der Waals surface area contributed by atoms with Gasteiger partial charge in [0.1, 0.15) is 10.7 Å². The van der Waals surface area contributed by atoms with Crippen molar-refractivity contribution in [1.29, 1.82) is 0 Å². The molecule has 1 aliphatic carbocycles. The van der Waals surface area contributed by atoms with E-state index in [1.165, 1.54) is 0 Å². The summed E-state index contributed by atoms with van der Waals surface area (Å²) in [5, 5.41) is 13.8. The number of alkyl halides is 2. The number of urea groups is 1. The van der Waals surface area contributed by atoms with Crippen molar-refractivity contribution < 1.29 is 4.79 Å². The molecular formula is C20H19Cl2N5OS. The number of thioether (sulfide) groups is 1. The number of nitrogens with one attached hydrogen (secondary N) is 2. The number of hydrogen-bond acceptors (Lipinski definition) is 4. The largest absolute Gasteiger partial charge is 0.331 e. The van der Waals surface area contributed by atoms with Gasteiger partial charge >= 0.3 is 6.03 Å². The van der Waals surface area contributed by atoms with Crippen molar-refractivity contribution in [3.05, 3.63) is 66.7 Å². The highest BCUT2D eigenvalue weighted by Crippen LogP contribution is 2.55. The van der Waals surface area contributed by atoms with Gasteiger partial charge in [-0.05, 0) is 30.7 Å². The minimum atomic E-state index is -0.596. The number of anilines is 1. The van der Waals surface area contributed by atoms with Crippen LogP contribution in [-0.4, -0.2) is 30.9 Å². The van der Waals surface area contributed by atoms with Crippen molar-refractivity contribution in [3.8, 4) is 5.69 Å². The standard InChI is InChI=1S/C20H19Cl2N5OS/c21-20(22)10-14(20)12-29-17-9-5-4-8-16(17)25-19(28)23-11-18-26-24-13-27(18)15-6-2-1-3-7-15/h1-9,13-14H,10-12H2,(H2,23,25,28). The molecule has 0 aliphatic heterocycles. The van der Waals surface area contributed by atoms with E-state index < -0.39 is 4.33 Å². The Morgan fingerprint density at radius 1 is 1.17 bits per heavy atom. The van der Waals surface area contributed by atoms with Crippen LogP contribution in [-0.2, 0) is 6.54 Å². The van der Waals surface area contributed by atoms with Crippen molar-refractivity contribution in [2.45, 2.75) is 22.2 Å². The number of para-hydroxylation sites is 2. The van der Waals surface area contributed by atoms with E-state index in [4.69, 9.17) is 23.2 Å². The molecule has 1 fully saturated rings. The van der Waals surface area contributed by atoms with Crippen molar-refractivity contribution in [2.75, 3.05) is 11.1 Å². The molecule has 0 radical (unpaired) electrons. The number of hydrogen-bond donors (Lipinski definition) is 2. The van der Waals surface area contributed by atoms with Gasteiger partial charge in [-0.25, -0.2) is 4.79 Å². The number of amides is 2. The van der Waals surface area contributed by atoms with Crippen LogP contribution in [0.1, 0.15) is 12.2 Å². The average molecular weight is 448 g/mol. The third-order valence-corrected chi connectivity index (χ3v) is 6.75. The van der Waals surface area contributed by atoms with Gasteiger partial charge in [0.05, 0.1) is 12.2 Å². The van der Waals surface area contributed by atoms with E-state index in [1.54, 1.807) is 18.1 Å². The molecule has 0 saturated heterocycles. The molecule has 9 heteroatoms. The first-order valence-electron chi connectivity index (χ1n) is 9.12. The van der Waals surface area contributed by atoms with Crippen LogP contribution >= 0.6 is 35.0 Å². The number of nitrogens with zero attached hydrogens (tertiary/aromatic N) is 3. The third-order valence-electron chi connectivity index (χ3n) is 4.59. The van der Waals surface area contributed by atoms with Gasteiger partial charge in [0.25, 0.3) is 0 Å². The summed E-state index contributed by atoms with van der Waals surface area (Å²) in [6.45, 7) is 0.249. The zero-order valence-corrected chi connectivity index (χ0v) is 17.7. The minimum Gasteiger partial charge on any atom is -0.331 e. The second kappa shape index (κ2) is 8.65. The molecule has 1 aromatic heterocycles. The molecule has 1 atom stereocenters. The Kier molecular flexibility index (Phi) is 5.99. The first kappa shape index (κ1) is 20.1. The molecule has 4 rings (SSSR count). The smallest absolute Gasteiger partial charge is 0.319 e. The van der Waals surface area contributed by atoms with Gasteiger partial charge in [-0.1, -0.05) is 30.3 Å². The maximum absolute atomic E-state index is 12.4. The first-order chi connectivity index (χ1) is 14.0. The van der Waals surface area contributed by atoms with E-state index >= 15 is 0 Å². The SMILES string of the molecule is O=C(NCc1nncn1-c1ccccc1)Nc1ccccc1SCC1CC1(Cl)Cl. The lowest BCUT2D eigenvalue weighted by Gasteiger charge is -2.12. The second-order valence-corrected chi connectivity index (χ2v) is 9.33. The molecule has 0 spiro atoms. The second-order valence-electron chi connectivity index (χ2n) is 6.73. The predicted octanol–water partition coefficient (Wildman–Crippen LogP) is 4.87. The van der Waals surface area contributed by atoms with Crippen molar-refractivity contribution >= 4 is 46.7 Å². The molecule has 1 unspecified atom stereocenters. The van der Waals surface area contributed by atoms with Crippen molar-refractivity contribution in [2.24, 2.45) is 5.92 Å². The van der Waals surface area contributed by atoms with Crippen LogP contribution in [0.25, 0.3) is 5.69 Å². The number of carbonyl (C=O) groups excluding carboxylic acids is 1. The highest BCUT2D eigenvalue weighted by atomic mass is 35.5. The van der Waals surface area contributed by atoms with Crippen LogP contribution in [0, 0.1) is 5.92 Å². The summed E-state index contributed by atoms with van der Waals surface area (Å²) >= 11 is 13.8. The van der Waals surface area contributed by atoms with Crippen LogP contribution < -0.4 is 10.6 Å². The maximum atomic E-state index is 12.4. The van der Waals surface area contributed by atoms with E-state index in [1.807, 2.05) is 59.2 Å². The topological polar surface area (TPSA) is 71.8 Å². The molecule has 3 aromatic rings. The van der Waals surface area contributed by atoms with Gasteiger partial charge in [-0.2, -0.15) is 0 Å². The number of aromatic nitrogens is 3. The van der Waals surface area contributed by atoms with Gasteiger partial charge in [-0.15, -0.1) is 45.2 Å². The quantitative estimate of drug-likeness (QED) is 0.400. The zero-order valence-electron chi connectivity index (χ0n) is 15.4. The lowest BCUT2D eigenvalue weighted by atomic mass is 10.3. The van der Waals surface area contributed by atoms with Crippen LogP contribution in [0.15, 0.2) is 65.8 Å². The van der Waals surface area contributed by atoms with Crippen LogP contribution in [0.2, 0.25) is 0 Å². The number of halogens is 2. The zero-order chi connectivity index (χ0) is 20.3. The third kappa shape index (κ3) is 5.04. The molecule has 6 nitrogen and oxygen atoms in total. The molecule has 0 bridgehead atoms. The highest BCUT2D eigenvalue weighted by molar-refractivity contribution is 7.99. The van der Waals surface area contributed by atoms with E-state index in [2.05, 4.69) is 20.8 Å². The summed E-state index contributed by atoms with van der Waals surface area (Å²) in [4.78, 5) is 13.4. The Morgan fingerprint density at radius 2 is 1.90 bits per heavy atom. The molecular weight excluding hydrogens is 429 g/mol. The Labute approximate surface area is 183 Å². The fourth-order valence-electron chi connectivity index (χ4n) is 2.85. The van der Waals surface area contributed by atoms with Crippen LogP contribution in [0.4, 0.5) is 10.5 Å². The van der Waals surface area contributed by atoms with E-state index in [9.17, 15) is 4.79 Å². The van der Waals surface area contributed by atoms with E-state index in [-0.39, 0.29) is 18.5 Å². The average Bonchev–Trinajstić information content (AvgIpc) is 3.12. The Bertz CT molecular complexity index is 995. The van der Waals surface area contributed by atoms with Gasteiger partial charge in [0, 0.05) is 22.3 Å². The van der Waals surface area contributed by atoms with Crippen LogP contribution in [0.3, 0.4) is 0 Å². The Morgan fingerprint density at radius 3 is 2.66 bits per heavy atom. The summed E-state index contributed by atoms with van der Waals surface area (Å²) in [5.41, 5.74) is 1.68. The molecule has 150 valence electrons. The molecule has 2 N–H and O–H groups in total. The maximum Gasteiger partial charge on any atom is 0.319 e. The summed E-state index contributed by atoms with van der Waals surface area (Å²) in [6.07, 6.45) is 2.43. The Hall–Kier alpha value is -2.22. The van der Waals surface area contributed by atoms with E-state index in [0.29, 0.717) is 5.82 Å². The first-order valence-corrected chi connectivity index (χ1v) is 10.9. The van der Waals surface area contributed by atoms with Gasteiger partial charge in [0.15, 0.2) is 5.82 Å². The summed E-state index contributed by atoms with van der Waals surface area (Å²) < 4.78 is 1.24. The lowest BCUT2D eigenvalue weighted by molar-refractivity contribution is 0.251. The Balaban J connectivity index is 1.35. The van der Waals surface area contributed by atoms with Gasteiger partial charge < -0.3 is 10.6 Å². The van der Waals surface area contributed by atoms with E-state index in [0.717, 1.165) is 28.4 Å². The fourth-order valence-corrected chi connectivity index (χ4v) is 4.79. The predicted molar refractivity (Wildman–Crippen MR) is 117 cm³/mol. The molecule has 1 aliphatic rings. The highest BCUT2D eigenvalue weighted by Gasteiger charge is 2.51.